The Morgan fingerprint density at radius 2 is 0.549 bits per heavy atom. The Bertz CT molecular complexity index is 1200. The normalized spacial score (nSPS) is 15.1. The molecule has 1 atom stereocenters. The molecular weight excluding hydrogens is 617 g/mol. The zero-order chi connectivity index (χ0) is 38.3. The lowest BCUT2D eigenvalue weighted by atomic mass is 10.0. The molecule has 0 aromatic rings. The van der Waals surface area contributed by atoms with Crippen LogP contribution in [0.25, 0.3) is 0 Å². The van der Waals surface area contributed by atoms with Gasteiger partial charge in [0, 0.05) is 6.61 Å². The Morgan fingerprint density at radius 3 is 0.765 bits per heavy atom. The van der Waals surface area contributed by atoms with Crippen molar-refractivity contribution in [3.8, 4) is 0 Å². The monoisotopic (exact) mass is 701 g/mol. The maximum atomic E-state index is 9.05. The summed E-state index contributed by atoms with van der Waals surface area (Å²) in [4.78, 5) is 0. The van der Waals surface area contributed by atoms with Crippen LogP contribution < -0.4 is 0 Å². The summed E-state index contributed by atoms with van der Waals surface area (Å²) in [5.41, 5.74) is 13.6. The lowest BCUT2D eigenvalue weighted by molar-refractivity contribution is 0.259. The first kappa shape index (κ1) is 48.6. The number of hydrogen-bond donors (Lipinski definition) is 1. The number of aliphatic hydroxyl groups excluding tert-OH is 1. The van der Waals surface area contributed by atoms with Crippen molar-refractivity contribution >= 4 is 0 Å². The van der Waals surface area contributed by atoms with Crippen LogP contribution in [0.2, 0.25) is 0 Å². The topological polar surface area (TPSA) is 20.2 Å². The first-order chi connectivity index (χ1) is 24.3. The third kappa shape index (κ3) is 33.2. The third-order valence-electron chi connectivity index (χ3n) is 10.1. The van der Waals surface area contributed by atoms with Gasteiger partial charge in [0.2, 0.25) is 0 Å². The van der Waals surface area contributed by atoms with Gasteiger partial charge in [-0.15, -0.1) is 0 Å². The number of hydrogen-bond acceptors (Lipinski definition) is 1. The van der Waals surface area contributed by atoms with Gasteiger partial charge in [0.25, 0.3) is 0 Å². The number of rotatable bonds is 29. The second-order valence-corrected chi connectivity index (χ2v) is 16.2. The van der Waals surface area contributed by atoms with E-state index in [2.05, 4.69) is 131 Å². The lowest BCUT2D eigenvalue weighted by Crippen LogP contribution is -1.97. The van der Waals surface area contributed by atoms with Crippen molar-refractivity contribution in [2.75, 3.05) is 6.61 Å². The molecule has 1 N–H and O–H groups in total. The molecule has 0 rings (SSSR count). The molecule has 0 aromatic carbocycles. The number of allylic oxidation sites excluding steroid dienone is 18. The fraction of sp³-hybridized carbons (Fsp3) is 0.640. The van der Waals surface area contributed by atoms with E-state index < -0.39 is 0 Å². The van der Waals surface area contributed by atoms with Crippen LogP contribution in [0.5, 0.6) is 0 Å². The molecule has 0 aliphatic heterocycles. The van der Waals surface area contributed by atoms with E-state index in [-0.39, 0.29) is 0 Å². The van der Waals surface area contributed by atoms with Crippen molar-refractivity contribution in [2.24, 2.45) is 5.92 Å². The van der Waals surface area contributed by atoms with Crippen molar-refractivity contribution in [3.05, 3.63) is 105 Å². The average Bonchev–Trinajstić information content (AvgIpc) is 3.04. The first-order valence-electron chi connectivity index (χ1n) is 20.8. The van der Waals surface area contributed by atoms with Crippen molar-refractivity contribution < 1.29 is 5.11 Å². The maximum Gasteiger partial charge on any atom is 0.0433 e. The van der Waals surface area contributed by atoms with Crippen LogP contribution in [-0.2, 0) is 0 Å². The molecule has 0 bridgehead atoms. The molecule has 1 nitrogen and oxygen atoms in total. The minimum atomic E-state index is 0.312. The van der Waals surface area contributed by atoms with Crippen molar-refractivity contribution in [3.63, 3.8) is 0 Å². The molecule has 0 aromatic heterocycles. The van der Waals surface area contributed by atoms with E-state index >= 15 is 0 Å². The summed E-state index contributed by atoms with van der Waals surface area (Å²) < 4.78 is 0. The van der Waals surface area contributed by atoms with Gasteiger partial charge in [0.15, 0.2) is 0 Å². The average molecular weight is 701 g/mol. The summed E-state index contributed by atoms with van der Waals surface area (Å²) in [7, 11) is 0. The fourth-order valence-electron chi connectivity index (χ4n) is 6.21. The predicted octanol–water partition coefficient (Wildman–Crippen LogP) is 16.6. The summed E-state index contributed by atoms with van der Waals surface area (Å²) in [5, 5.41) is 9.05. The minimum absolute atomic E-state index is 0.312. The molecule has 0 fully saturated rings. The Morgan fingerprint density at radius 1 is 0.333 bits per heavy atom. The molecule has 1 heteroatoms. The highest BCUT2D eigenvalue weighted by atomic mass is 16.3. The van der Waals surface area contributed by atoms with Crippen molar-refractivity contribution in [2.45, 2.75) is 198 Å². The molecule has 0 saturated carbocycles. The number of aliphatic hydroxyl groups is 1. The van der Waals surface area contributed by atoms with Gasteiger partial charge < -0.3 is 5.11 Å². The summed E-state index contributed by atoms with van der Waals surface area (Å²) in [6.07, 6.45) is 43.8. The summed E-state index contributed by atoms with van der Waals surface area (Å²) in [5.74, 6) is 0.617. The molecule has 0 heterocycles. The smallest absolute Gasteiger partial charge is 0.0433 e. The molecule has 0 spiro atoms. The van der Waals surface area contributed by atoms with E-state index in [4.69, 9.17) is 5.11 Å². The van der Waals surface area contributed by atoms with Gasteiger partial charge in [-0.3, -0.25) is 0 Å². The molecule has 0 aliphatic rings. The van der Waals surface area contributed by atoms with E-state index in [1.165, 1.54) is 114 Å². The summed E-state index contributed by atoms with van der Waals surface area (Å²) >= 11 is 0. The maximum absolute atomic E-state index is 9.05. The molecule has 0 unspecified atom stereocenters. The molecule has 0 amide bonds. The van der Waals surface area contributed by atoms with Gasteiger partial charge in [-0.2, -0.15) is 0 Å². The Kier molecular flexibility index (Phi) is 30.8. The quantitative estimate of drug-likeness (QED) is 0.0770. The molecule has 0 saturated heterocycles. The molecule has 0 radical (unpaired) electrons. The van der Waals surface area contributed by atoms with E-state index in [1.807, 2.05) is 0 Å². The Hall–Kier alpha value is -2.38. The van der Waals surface area contributed by atoms with Crippen LogP contribution in [0, 0.1) is 5.92 Å². The van der Waals surface area contributed by atoms with E-state index in [9.17, 15) is 0 Å². The van der Waals surface area contributed by atoms with Gasteiger partial charge in [-0.25, -0.2) is 0 Å². The first-order valence-corrected chi connectivity index (χ1v) is 20.8. The van der Waals surface area contributed by atoms with Gasteiger partial charge in [0.1, 0.15) is 0 Å². The standard InChI is InChI=1S/C50H84O/c1-41(2)21-12-22-42(3)23-13-24-43(4)25-14-26-44(5)27-15-28-45(6)29-16-30-46(7)31-17-32-47(8)33-18-34-48(9)35-19-36-49(10)37-20-38-50(11)39-40-51/h21,23,25,27,29,31,33,35,37,50-51H,12-20,22,24,26,28,30,32,34,36,38-40H2,1-11H3/b42-23-,43-25+,44-27+,45-29+,46-31+,47-33+,48-35+,49-37+/t50-/m1/s1. The van der Waals surface area contributed by atoms with Gasteiger partial charge in [-0.05, 0) is 197 Å². The van der Waals surface area contributed by atoms with Crippen LogP contribution in [0.15, 0.2) is 105 Å². The highest BCUT2D eigenvalue weighted by molar-refractivity contribution is 5.10. The fourth-order valence-corrected chi connectivity index (χ4v) is 6.21. The molecular formula is C50H84O. The van der Waals surface area contributed by atoms with Crippen LogP contribution in [0.3, 0.4) is 0 Å². The third-order valence-corrected chi connectivity index (χ3v) is 10.1. The Balaban J connectivity index is 4.22. The lowest BCUT2D eigenvalue weighted by Gasteiger charge is -2.07. The Labute approximate surface area is 319 Å². The highest BCUT2D eigenvalue weighted by Crippen LogP contribution is 2.18. The van der Waals surface area contributed by atoms with Gasteiger partial charge >= 0.3 is 0 Å². The zero-order valence-electron chi connectivity index (χ0n) is 35.9. The summed E-state index contributed by atoms with van der Waals surface area (Å²) in [6, 6.07) is 0. The zero-order valence-corrected chi connectivity index (χ0v) is 35.9. The predicted molar refractivity (Wildman–Crippen MR) is 233 cm³/mol. The molecule has 51 heavy (non-hydrogen) atoms. The van der Waals surface area contributed by atoms with E-state index in [1.54, 1.807) is 0 Å². The summed E-state index contributed by atoms with van der Waals surface area (Å²) in [6.45, 7) is 25.2. The van der Waals surface area contributed by atoms with Crippen LogP contribution in [0.4, 0.5) is 0 Å². The second kappa shape index (κ2) is 32.3. The van der Waals surface area contributed by atoms with Gasteiger partial charge in [0.05, 0.1) is 0 Å². The van der Waals surface area contributed by atoms with E-state index in [0.717, 1.165) is 57.8 Å². The van der Waals surface area contributed by atoms with Crippen LogP contribution in [-0.4, -0.2) is 11.7 Å². The molecule has 290 valence electrons. The van der Waals surface area contributed by atoms with Crippen molar-refractivity contribution in [1.82, 2.24) is 0 Å². The highest BCUT2D eigenvalue weighted by Gasteiger charge is 2.00. The SMILES string of the molecule is CC(C)=CCC/C(C)=C\CC/C(C)=C/CC/C(C)=C/CC/C(C)=C/CC/C(C)=C/CC/C(C)=C/CC/C(C)=C/CC/C(C)=C/CC[C@@H](C)CCO. The van der Waals surface area contributed by atoms with Crippen LogP contribution >= 0.6 is 0 Å². The van der Waals surface area contributed by atoms with Gasteiger partial charge in [-0.1, -0.05) is 112 Å². The largest absolute Gasteiger partial charge is 0.396 e. The molecule has 0 aliphatic carbocycles. The van der Waals surface area contributed by atoms with Crippen molar-refractivity contribution in [1.29, 1.82) is 0 Å². The van der Waals surface area contributed by atoms with Crippen LogP contribution in [0.1, 0.15) is 198 Å². The minimum Gasteiger partial charge on any atom is -0.396 e. The second-order valence-electron chi connectivity index (χ2n) is 16.2. The van der Waals surface area contributed by atoms with E-state index in [0.29, 0.717) is 12.5 Å².